The van der Waals surface area contributed by atoms with Gasteiger partial charge in [-0.2, -0.15) is 0 Å². The number of hydrogen-bond donors (Lipinski definition) is 0. The van der Waals surface area contributed by atoms with Crippen molar-refractivity contribution in [2.24, 2.45) is 0 Å². The smallest absolute Gasteiger partial charge is 0.0645 e. The Hall–Kier alpha value is -10.3. The van der Waals surface area contributed by atoms with Crippen molar-refractivity contribution in [3.63, 3.8) is 0 Å². The zero-order valence-corrected chi connectivity index (χ0v) is 48.7. The van der Waals surface area contributed by atoms with Gasteiger partial charge in [0, 0.05) is 78.4 Å². The van der Waals surface area contributed by atoms with Crippen molar-refractivity contribution in [1.29, 1.82) is 0 Å². The van der Waals surface area contributed by atoms with Crippen LogP contribution in [0.3, 0.4) is 0 Å². The second-order valence-corrected chi connectivity index (χ2v) is 22.3. The van der Waals surface area contributed by atoms with E-state index >= 15 is 0 Å². The molecule has 0 saturated carbocycles. The summed E-state index contributed by atoms with van der Waals surface area (Å²) in [5.74, 6) is 0. The zero-order valence-electron chi connectivity index (χ0n) is 48.7. The van der Waals surface area contributed by atoms with Gasteiger partial charge in [-0.15, -0.1) is 0 Å². The van der Waals surface area contributed by atoms with Gasteiger partial charge in [-0.05, 0) is 194 Å². The molecule has 412 valence electrons. The molecule has 85 heavy (non-hydrogen) atoms. The molecule has 0 fully saturated rings. The Balaban J connectivity index is 0.927. The molecule has 1 aliphatic carbocycles. The molecule has 7 aromatic carbocycles. The first-order valence-corrected chi connectivity index (χ1v) is 29.8. The van der Waals surface area contributed by atoms with Crippen LogP contribution in [0.2, 0.25) is 0 Å². The van der Waals surface area contributed by atoms with E-state index in [2.05, 4.69) is 269 Å². The van der Waals surface area contributed by atoms with Crippen molar-refractivity contribution < 1.29 is 0 Å². The van der Waals surface area contributed by atoms with Gasteiger partial charge < -0.3 is 18.3 Å². The molecule has 1 unspecified atom stereocenters. The Kier molecular flexibility index (Phi) is 13.7. The van der Waals surface area contributed by atoms with E-state index < -0.39 is 0 Å². The van der Waals surface area contributed by atoms with E-state index in [1.807, 2.05) is 49.1 Å². The summed E-state index contributed by atoms with van der Waals surface area (Å²) in [6, 6.07) is 62.8. The molecule has 6 heterocycles. The fourth-order valence-corrected chi connectivity index (χ4v) is 13.7. The Labute approximate surface area is 497 Å². The third kappa shape index (κ3) is 8.95. The van der Waals surface area contributed by atoms with Crippen LogP contribution in [0, 0.1) is 6.92 Å². The highest BCUT2D eigenvalue weighted by Crippen LogP contribution is 2.43. The summed E-state index contributed by atoms with van der Waals surface area (Å²) in [5.41, 5.74) is 24.1. The lowest BCUT2D eigenvalue weighted by molar-refractivity contribution is 0.554. The van der Waals surface area contributed by atoms with Crippen LogP contribution in [0.5, 0.6) is 0 Å². The number of fused-ring (bicyclic) bond motifs is 10. The lowest BCUT2D eigenvalue weighted by Crippen LogP contribution is -2.08. The third-order valence-electron chi connectivity index (χ3n) is 17.5. The maximum absolute atomic E-state index is 4.54. The van der Waals surface area contributed by atoms with Gasteiger partial charge in [0.15, 0.2) is 0 Å². The van der Waals surface area contributed by atoms with Crippen LogP contribution in [-0.4, -0.2) is 28.2 Å². The summed E-state index contributed by atoms with van der Waals surface area (Å²) in [5, 5.41) is 7.23. The minimum absolute atomic E-state index is 0.190. The summed E-state index contributed by atoms with van der Waals surface area (Å²) in [6.07, 6.45) is 31.6. The summed E-state index contributed by atoms with van der Waals surface area (Å²) >= 11 is 0. The number of allylic oxidation sites excluding steroid dienone is 10. The summed E-state index contributed by atoms with van der Waals surface area (Å²) in [7, 11) is 0. The number of hydrogen-bond acceptors (Lipinski definition) is 2. The standard InChI is InChI=1S/C79H66N6/c1-7-21-59(22-8-2)82-52(6)67(70-47-56(32-37-75(70)82)54-33-38-76-68(45-54)65-28-15-17-30-73(65)84(76)61-26-19-42-80-50-61)44-53(10-4)63(11-5)64(23-9-3)58-36-41-79-72(49-58)71-48-57(35-40-78(71)83(79)60-24-13-12-14-25-60)55-34-39-77-69(46-55)66-29-16-18-31-74(66)85(77)62-27-20-43-81-51-62/h7,9-17,19-21,23-30,32-51,59H,4-5,8,18,22,31H2,1-3,6H3/b21-7-,23-9-,53-44+,64-63-. The van der Waals surface area contributed by atoms with Gasteiger partial charge in [0.25, 0.3) is 0 Å². The normalized spacial score (nSPS) is 13.6. The highest BCUT2D eigenvalue weighted by molar-refractivity contribution is 6.13. The first-order valence-electron chi connectivity index (χ1n) is 29.8. The first-order chi connectivity index (χ1) is 41.9. The topological polar surface area (TPSA) is 45.5 Å². The van der Waals surface area contributed by atoms with E-state index in [-0.39, 0.29) is 6.04 Å². The van der Waals surface area contributed by atoms with Crippen molar-refractivity contribution in [2.75, 3.05) is 0 Å². The van der Waals surface area contributed by atoms with Crippen LogP contribution >= 0.6 is 0 Å². The number of para-hydroxylation sites is 2. The van der Waals surface area contributed by atoms with Crippen molar-refractivity contribution in [1.82, 2.24) is 28.2 Å². The van der Waals surface area contributed by atoms with Crippen LogP contribution in [0.1, 0.15) is 74.2 Å². The number of rotatable bonds is 15. The highest BCUT2D eigenvalue weighted by Gasteiger charge is 2.24. The molecule has 13 aromatic rings. The van der Waals surface area contributed by atoms with Gasteiger partial charge in [0.05, 0.1) is 57.4 Å². The van der Waals surface area contributed by atoms with Crippen LogP contribution in [0.15, 0.2) is 261 Å². The minimum atomic E-state index is 0.190. The van der Waals surface area contributed by atoms with Crippen molar-refractivity contribution in [2.45, 2.75) is 59.4 Å². The molecule has 0 amide bonds. The molecule has 14 rings (SSSR count). The molecule has 0 N–H and O–H groups in total. The van der Waals surface area contributed by atoms with Gasteiger partial charge in [-0.1, -0.05) is 142 Å². The quantitative estimate of drug-likeness (QED) is 0.0759. The predicted octanol–water partition coefficient (Wildman–Crippen LogP) is 20.9. The largest absolute Gasteiger partial charge is 0.337 e. The van der Waals surface area contributed by atoms with Crippen molar-refractivity contribution >= 4 is 83.1 Å². The number of benzene rings is 7. The second-order valence-electron chi connectivity index (χ2n) is 22.3. The lowest BCUT2D eigenvalue weighted by atomic mass is 9.91. The van der Waals surface area contributed by atoms with Gasteiger partial charge >= 0.3 is 0 Å². The highest BCUT2D eigenvalue weighted by atomic mass is 15.0. The van der Waals surface area contributed by atoms with E-state index in [1.165, 1.54) is 77.0 Å². The Morgan fingerprint density at radius 3 is 1.75 bits per heavy atom. The SMILES string of the molecule is C=CC(=C(\C=C/C)c1ccc2c(c1)c1cc(-c3ccc4c(c3)c3c(n4-c4cccnc4)CCC=C3)ccc1n2-c1ccccc1)/C(C=C)=C/c1c(C)n(C(/C=C\C)CCC)c2ccc(-c3ccc4c(c3)c3ccccc3n4-c3cccnc3)cc12. The maximum atomic E-state index is 4.54. The molecular weight excluding hydrogens is 1030 g/mol. The van der Waals surface area contributed by atoms with Crippen molar-refractivity contribution in [3.05, 3.63) is 290 Å². The molecule has 0 bridgehead atoms. The van der Waals surface area contributed by atoms with E-state index in [9.17, 15) is 0 Å². The average molecular weight is 1100 g/mol. The molecule has 1 atom stereocenters. The summed E-state index contributed by atoms with van der Waals surface area (Å²) < 4.78 is 9.68. The Bertz CT molecular complexity index is 4950. The summed E-state index contributed by atoms with van der Waals surface area (Å²) in [4.78, 5) is 9.00. The number of nitrogens with zero attached hydrogens (tertiary/aromatic N) is 6. The molecule has 6 aromatic heterocycles. The Morgan fingerprint density at radius 2 is 1.12 bits per heavy atom. The molecule has 0 saturated heterocycles. The average Bonchev–Trinajstić information content (AvgIpc) is 3.94. The van der Waals surface area contributed by atoms with Gasteiger partial charge in [-0.3, -0.25) is 9.97 Å². The molecule has 6 nitrogen and oxygen atoms in total. The van der Waals surface area contributed by atoms with Gasteiger partial charge in [-0.25, -0.2) is 0 Å². The van der Waals surface area contributed by atoms with Crippen molar-refractivity contribution in [3.8, 4) is 39.3 Å². The maximum Gasteiger partial charge on any atom is 0.0645 e. The molecule has 1 aliphatic rings. The van der Waals surface area contributed by atoms with E-state index in [0.29, 0.717) is 0 Å². The molecular formula is C79H66N6. The second kappa shape index (κ2) is 22.1. The molecule has 6 heteroatoms. The number of pyridine rings is 2. The van der Waals surface area contributed by atoms with E-state index in [4.69, 9.17) is 0 Å². The fraction of sp³-hybridized carbons (Fsp3) is 0.114. The molecule has 0 spiro atoms. The van der Waals surface area contributed by atoms with Crippen LogP contribution in [-0.2, 0) is 6.42 Å². The van der Waals surface area contributed by atoms with Crippen LogP contribution < -0.4 is 0 Å². The van der Waals surface area contributed by atoms with Crippen LogP contribution in [0.25, 0.3) is 122 Å². The first kappa shape index (κ1) is 52.8. The number of aromatic nitrogens is 6. The van der Waals surface area contributed by atoms with E-state index in [1.54, 1.807) is 0 Å². The van der Waals surface area contributed by atoms with Gasteiger partial charge in [0.2, 0.25) is 0 Å². The minimum Gasteiger partial charge on any atom is -0.337 e. The van der Waals surface area contributed by atoms with Crippen LogP contribution in [0.4, 0.5) is 0 Å². The van der Waals surface area contributed by atoms with Gasteiger partial charge in [0.1, 0.15) is 0 Å². The molecule has 0 aliphatic heterocycles. The lowest BCUT2D eigenvalue weighted by Gasteiger charge is -2.18. The Morgan fingerprint density at radius 1 is 0.553 bits per heavy atom. The summed E-state index contributed by atoms with van der Waals surface area (Å²) in [6.45, 7) is 17.9. The molecule has 0 radical (unpaired) electrons. The monoisotopic (exact) mass is 1100 g/mol. The fourth-order valence-electron chi connectivity index (χ4n) is 13.7. The van der Waals surface area contributed by atoms with E-state index in [0.717, 1.165) is 98.2 Å². The predicted molar refractivity (Wildman–Crippen MR) is 361 cm³/mol. The third-order valence-corrected chi connectivity index (χ3v) is 17.5. The zero-order chi connectivity index (χ0) is 57.7.